The third-order valence-electron chi connectivity index (χ3n) is 5.40. The number of ether oxygens (including phenoxy) is 1. The Balaban J connectivity index is 1.93. The van der Waals surface area contributed by atoms with E-state index in [0.29, 0.717) is 0 Å². The van der Waals surface area contributed by atoms with Gasteiger partial charge in [-0.3, -0.25) is 9.36 Å². The normalized spacial score (nSPS) is 12.1. The number of esters is 1. The first kappa shape index (κ1) is 22.0. The Hall–Kier alpha value is -4.19. The zero-order valence-electron chi connectivity index (χ0n) is 18.6. The molecule has 0 unspecified atom stereocenters. The van der Waals surface area contributed by atoms with Gasteiger partial charge < -0.3 is 10.1 Å². The number of hydrogen-bond acceptors (Lipinski definition) is 4. The van der Waals surface area contributed by atoms with Crippen LogP contribution in [-0.4, -0.2) is 34.6 Å². The number of nitrogens with one attached hydrogen (secondary N) is 1. The SMILES string of the molecule is COC(=O)[C@H](Cc1c(/C=C/c2ccccc2)n(-c2ccccn2)c2ccccc12)NC(C)=O. The number of amides is 1. The minimum atomic E-state index is -0.806. The summed E-state index contributed by atoms with van der Waals surface area (Å²) < 4.78 is 7.04. The number of benzene rings is 2. The van der Waals surface area contributed by atoms with Crippen molar-refractivity contribution in [3.63, 3.8) is 0 Å². The zero-order chi connectivity index (χ0) is 23.2. The average Bonchev–Trinajstić information content (AvgIpc) is 3.16. The standard InChI is InChI=1S/C27H25N3O3/c1-19(31)29-23(27(32)33-2)18-22-21-12-6-7-13-24(21)30(26-14-8-9-17-28-26)25(22)16-15-20-10-4-3-5-11-20/h3-17,23H,18H2,1-2H3,(H,29,31)/b16-15+/t23-/m0/s1. The minimum Gasteiger partial charge on any atom is -0.467 e. The minimum absolute atomic E-state index is 0.279. The predicted molar refractivity (Wildman–Crippen MR) is 130 cm³/mol. The van der Waals surface area contributed by atoms with Crippen molar-refractivity contribution in [3.05, 3.63) is 95.8 Å². The fraction of sp³-hybridized carbons (Fsp3) is 0.148. The Morgan fingerprint density at radius 2 is 1.73 bits per heavy atom. The summed E-state index contributed by atoms with van der Waals surface area (Å²) in [4.78, 5) is 28.9. The summed E-state index contributed by atoms with van der Waals surface area (Å²) in [7, 11) is 1.32. The molecule has 0 spiro atoms. The van der Waals surface area contributed by atoms with Gasteiger partial charge in [0.1, 0.15) is 11.9 Å². The number of para-hydroxylation sites is 1. The van der Waals surface area contributed by atoms with Crippen LogP contribution in [0.2, 0.25) is 0 Å². The number of pyridine rings is 1. The summed E-state index contributed by atoms with van der Waals surface area (Å²) >= 11 is 0. The van der Waals surface area contributed by atoms with Gasteiger partial charge in [-0.15, -0.1) is 0 Å². The lowest BCUT2D eigenvalue weighted by Gasteiger charge is -2.16. The van der Waals surface area contributed by atoms with E-state index >= 15 is 0 Å². The average molecular weight is 440 g/mol. The molecule has 1 amide bonds. The van der Waals surface area contributed by atoms with E-state index in [1.807, 2.05) is 84.9 Å². The fourth-order valence-corrected chi connectivity index (χ4v) is 3.97. The number of carbonyl (C=O) groups excluding carboxylic acids is 2. The summed E-state index contributed by atoms with van der Waals surface area (Å²) in [6, 6.07) is 22.9. The summed E-state index contributed by atoms with van der Waals surface area (Å²) in [5.74, 6) is -0.0140. The first-order valence-electron chi connectivity index (χ1n) is 10.7. The Kier molecular flexibility index (Phi) is 6.64. The van der Waals surface area contributed by atoms with Gasteiger partial charge in [0, 0.05) is 24.9 Å². The Morgan fingerprint density at radius 1 is 1.00 bits per heavy atom. The maximum atomic E-state index is 12.5. The molecule has 2 heterocycles. The number of fused-ring (bicyclic) bond motifs is 1. The maximum absolute atomic E-state index is 12.5. The fourth-order valence-electron chi connectivity index (χ4n) is 3.97. The molecule has 0 bridgehead atoms. The van der Waals surface area contributed by atoms with Crippen molar-refractivity contribution < 1.29 is 14.3 Å². The van der Waals surface area contributed by atoms with Crippen molar-refractivity contribution >= 4 is 34.9 Å². The van der Waals surface area contributed by atoms with Gasteiger partial charge in [-0.1, -0.05) is 60.7 Å². The molecular formula is C27H25N3O3. The molecule has 33 heavy (non-hydrogen) atoms. The lowest BCUT2D eigenvalue weighted by Crippen LogP contribution is -2.42. The number of hydrogen-bond donors (Lipinski definition) is 1. The van der Waals surface area contributed by atoms with Gasteiger partial charge in [-0.2, -0.15) is 0 Å². The second-order valence-corrected chi connectivity index (χ2v) is 7.63. The molecule has 6 nitrogen and oxygen atoms in total. The molecule has 166 valence electrons. The van der Waals surface area contributed by atoms with E-state index in [2.05, 4.69) is 14.9 Å². The third-order valence-corrected chi connectivity index (χ3v) is 5.40. The van der Waals surface area contributed by atoms with Gasteiger partial charge in [-0.25, -0.2) is 9.78 Å². The van der Waals surface area contributed by atoms with Gasteiger partial charge in [-0.05, 0) is 35.4 Å². The molecular weight excluding hydrogens is 414 g/mol. The van der Waals surface area contributed by atoms with Crippen LogP contribution in [0.4, 0.5) is 0 Å². The van der Waals surface area contributed by atoms with Crippen molar-refractivity contribution in [2.45, 2.75) is 19.4 Å². The lowest BCUT2D eigenvalue weighted by atomic mass is 10.0. The molecule has 0 saturated carbocycles. The largest absolute Gasteiger partial charge is 0.467 e. The number of methoxy groups -OCH3 is 1. The van der Waals surface area contributed by atoms with Crippen molar-refractivity contribution in [2.75, 3.05) is 7.11 Å². The predicted octanol–water partition coefficient (Wildman–Crippen LogP) is 4.42. The van der Waals surface area contributed by atoms with Crippen LogP contribution in [0.3, 0.4) is 0 Å². The van der Waals surface area contributed by atoms with Crippen LogP contribution in [0.25, 0.3) is 28.9 Å². The molecule has 0 aliphatic heterocycles. The van der Waals surface area contributed by atoms with Crippen LogP contribution >= 0.6 is 0 Å². The van der Waals surface area contributed by atoms with E-state index < -0.39 is 12.0 Å². The number of rotatable bonds is 7. The molecule has 0 fully saturated rings. The van der Waals surface area contributed by atoms with Crippen molar-refractivity contribution in [1.29, 1.82) is 0 Å². The molecule has 6 heteroatoms. The van der Waals surface area contributed by atoms with Crippen molar-refractivity contribution in [3.8, 4) is 5.82 Å². The Labute approximate surface area is 192 Å². The Bertz CT molecular complexity index is 1290. The topological polar surface area (TPSA) is 73.2 Å². The van der Waals surface area contributed by atoms with Crippen LogP contribution < -0.4 is 5.32 Å². The van der Waals surface area contributed by atoms with Crippen LogP contribution in [0.15, 0.2) is 79.0 Å². The molecule has 1 N–H and O–H groups in total. The zero-order valence-corrected chi connectivity index (χ0v) is 18.6. The molecule has 4 rings (SSSR count). The highest BCUT2D eigenvalue weighted by Crippen LogP contribution is 2.31. The summed E-state index contributed by atoms with van der Waals surface area (Å²) in [6.07, 6.45) is 6.09. The molecule has 2 aromatic carbocycles. The highest BCUT2D eigenvalue weighted by atomic mass is 16.5. The number of carbonyl (C=O) groups is 2. The first-order valence-corrected chi connectivity index (χ1v) is 10.7. The van der Waals surface area contributed by atoms with Gasteiger partial charge >= 0.3 is 5.97 Å². The molecule has 2 aromatic heterocycles. The number of nitrogens with zero attached hydrogens (tertiary/aromatic N) is 2. The molecule has 4 aromatic rings. The van der Waals surface area contributed by atoms with Gasteiger partial charge in [0.2, 0.25) is 5.91 Å². The van der Waals surface area contributed by atoms with Gasteiger partial charge in [0.25, 0.3) is 0 Å². The highest BCUT2D eigenvalue weighted by molar-refractivity contribution is 5.92. The molecule has 0 aliphatic carbocycles. The van der Waals surface area contributed by atoms with E-state index in [0.717, 1.165) is 33.5 Å². The Morgan fingerprint density at radius 3 is 2.42 bits per heavy atom. The second-order valence-electron chi connectivity index (χ2n) is 7.63. The van der Waals surface area contributed by atoms with Crippen LogP contribution in [-0.2, 0) is 20.7 Å². The van der Waals surface area contributed by atoms with Crippen LogP contribution in [0, 0.1) is 0 Å². The van der Waals surface area contributed by atoms with Crippen molar-refractivity contribution in [1.82, 2.24) is 14.9 Å². The van der Waals surface area contributed by atoms with Crippen molar-refractivity contribution in [2.24, 2.45) is 0 Å². The summed E-state index contributed by atoms with van der Waals surface area (Å²) in [6.45, 7) is 1.39. The molecule has 1 atom stereocenters. The van der Waals surface area contributed by atoms with E-state index in [1.165, 1.54) is 14.0 Å². The molecule has 0 aliphatic rings. The number of aromatic nitrogens is 2. The quantitative estimate of drug-likeness (QED) is 0.433. The molecule has 0 radical (unpaired) electrons. The van der Waals surface area contributed by atoms with Crippen LogP contribution in [0.5, 0.6) is 0 Å². The van der Waals surface area contributed by atoms with Gasteiger partial charge in [0.05, 0.1) is 18.3 Å². The third kappa shape index (κ3) is 4.85. The van der Waals surface area contributed by atoms with Crippen LogP contribution in [0.1, 0.15) is 23.7 Å². The molecule has 0 saturated heterocycles. The van der Waals surface area contributed by atoms with Gasteiger partial charge in [0.15, 0.2) is 0 Å². The van der Waals surface area contributed by atoms with E-state index in [-0.39, 0.29) is 12.3 Å². The summed E-state index contributed by atoms with van der Waals surface area (Å²) in [5, 5.41) is 3.71. The van der Waals surface area contributed by atoms with E-state index in [9.17, 15) is 9.59 Å². The maximum Gasteiger partial charge on any atom is 0.328 e. The highest BCUT2D eigenvalue weighted by Gasteiger charge is 2.25. The van der Waals surface area contributed by atoms with E-state index in [1.54, 1.807) is 6.20 Å². The second kappa shape index (κ2) is 9.96. The first-order chi connectivity index (χ1) is 16.1. The van der Waals surface area contributed by atoms with E-state index in [4.69, 9.17) is 4.74 Å². The smallest absolute Gasteiger partial charge is 0.328 e. The monoisotopic (exact) mass is 439 g/mol. The summed E-state index contributed by atoms with van der Waals surface area (Å²) in [5.41, 5.74) is 3.82. The lowest BCUT2D eigenvalue weighted by molar-refractivity contribution is -0.144.